The van der Waals surface area contributed by atoms with Crippen LogP contribution in [-0.4, -0.2) is 18.1 Å². The number of rotatable bonds is 2. The summed E-state index contributed by atoms with van der Waals surface area (Å²) in [7, 11) is 1.13. The number of nitrogens with two attached hydrogens (primary N) is 1. The van der Waals surface area contributed by atoms with Crippen molar-refractivity contribution < 1.29 is 18.3 Å². The minimum absolute atomic E-state index is 0.216. The van der Waals surface area contributed by atoms with Crippen molar-refractivity contribution >= 4 is 34.2 Å². The van der Waals surface area contributed by atoms with Crippen molar-refractivity contribution in [3.63, 3.8) is 0 Å². The van der Waals surface area contributed by atoms with Crippen LogP contribution in [0.5, 0.6) is 0 Å². The average Bonchev–Trinajstić information content (AvgIpc) is 2.16. The molecule has 0 aliphatic carbocycles. The van der Waals surface area contributed by atoms with Gasteiger partial charge in [-0.2, -0.15) is 0 Å². The molecule has 0 fully saturated rings. The number of alkyl halides is 2. The maximum atomic E-state index is 12.6. The van der Waals surface area contributed by atoms with Crippen LogP contribution in [0.15, 0.2) is 6.20 Å². The van der Waals surface area contributed by atoms with Gasteiger partial charge in [0.05, 0.1) is 18.4 Å². The molecule has 0 atom stereocenters. The van der Waals surface area contributed by atoms with Crippen molar-refractivity contribution in [1.29, 1.82) is 0 Å². The van der Waals surface area contributed by atoms with Gasteiger partial charge in [-0.25, -0.2) is 18.6 Å². The topological polar surface area (TPSA) is 65.2 Å². The number of pyridine rings is 1. The van der Waals surface area contributed by atoms with Gasteiger partial charge in [0, 0.05) is 9.77 Å². The van der Waals surface area contributed by atoms with Crippen LogP contribution in [0.1, 0.15) is 22.5 Å². The molecule has 4 nitrogen and oxygen atoms in total. The smallest absolute Gasteiger partial charge is 0.358 e. The lowest BCUT2D eigenvalue weighted by Gasteiger charge is -2.09. The maximum Gasteiger partial charge on any atom is 0.358 e. The Kier molecular flexibility index (Phi) is 3.77. The molecule has 82 valence electrons. The van der Waals surface area contributed by atoms with E-state index in [-0.39, 0.29) is 20.5 Å². The molecular formula is C8H7F2IN2O2. The van der Waals surface area contributed by atoms with Crippen molar-refractivity contribution in [1.82, 2.24) is 4.98 Å². The van der Waals surface area contributed by atoms with E-state index in [9.17, 15) is 13.6 Å². The Morgan fingerprint density at radius 2 is 2.27 bits per heavy atom. The van der Waals surface area contributed by atoms with Gasteiger partial charge >= 0.3 is 5.97 Å². The second-order valence-electron chi connectivity index (χ2n) is 2.57. The number of anilines is 1. The van der Waals surface area contributed by atoms with Gasteiger partial charge in [-0.1, -0.05) is 0 Å². The van der Waals surface area contributed by atoms with Crippen molar-refractivity contribution in [3.05, 3.63) is 21.0 Å². The van der Waals surface area contributed by atoms with E-state index < -0.39 is 12.4 Å². The Morgan fingerprint density at radius 1 is 1.67 bits per heavy atom. The number of carbonyl (C=O) groups is 1. The number of carbonyl (C=O) groups excluding carboxylic acids is 1. The summed E-state index contributed by atoms with van der Waals surface area (Å²) >= 11 is 1.68. The lowest BCUT2D eigenvalue weighted by molar-refractivity contribution is 0.0595. The highest BCUT2D eigenvalue weighted by molar-refractivity contribution is 14.1. The molecule has 0 saturated carbocycles. The van der Waals surface area contributed by atoms with E-state index in [2.05, 4.69) is 9.72 Å². The van der Waals surface area contributed by atoms with Crippen LogP contribution < -0.4 is 5.73 Å². The van der Waals surface area contributed by atoms with Gasteiger partial charge < -0.3 is 10.5 Å². The Hall–Kier alpha value is -0.990. The third-order valence-electron chi connectivity index (χ3n) is 1.71. The molecule has 0 spiro atoms. The Labute approximate surface area is 98.0 Å². The van der Waals surface area contributed by atoms with Crippen molar-refractivity contribution in [2.24, 2.45) is 0 Å². The van der Waals surface area contributed by atoms with Crippen molar-refractivity contribution in [2.45, 2.75) is 6.43 Å². The Bertz CT molecular complexity index is 398. The van der Waals surface area contributed by atoms with Crippen LogP contribution >= 0.6 is 22.6 Å². The lowest BCUT2D eigenvalue weighted by Crippen LogP contribution is -2.12. The molecule has 0 radical (unpaired) electrons. The molecular weight excluding hydrogens is 321 g/mol. The fraction of sp³-hybridized carbons (Fsp3) is 0.250. The summed E-state index contributed by atoms with van der Waals surface area (Å²) in [5.74, 6) is -0.828. The van der Waals surface area contributed by atoms with E-state index in [0.717, 1.165) is 13.3 Å². The first kappa shape index (κ1) is 12.1. The predicted octanol–water partition coefficient (Wildman–Crippen LogP) is 1.99. The van der Waals surface area contributed by atoms with Gasteiger partial charge in [0.1, 0.15) is 0 Å². The zero-order valence-corrected chi connectivity index (χ0v) is 9.79. The van der Waals surface area contributed by atoms with E-state index in [4.69, 9.17) is 5.73 Å². The summed E-state index contributed by atoms with van der Waals surface area (Å²) in [4.78, 5) is 14.8. The first-order chi connectivity index (χ1) is 6.99. The number of methoxy groups -OCH3 is 1. The van der Waals surface area contributed by atoms with Crippen molar-refractivity contribution in [3.8, 4) is 0 Å². The third-order valence-corrected chi connectivity index (χ3v) is 2.57. The third kappa shape index (κ3) is 2.33. The highest BCUT2D eigenvalue weighted by atomic mass is 127. The summed E-state index contributed by atoms with van der Waals surface area (Å²) in [6.45, 7) is 0. The SMILES string of the molecule is COC(=O)c1ncc(I)c(C(F)F)c1N. The van der Waals surface area contributed by atoms with Gasteiger partial charge in [0.2, 0.25) is 0 Å². The van der Waals surface area contributed by atoms with E-state index in [1.807, 2.05) is 0 Å². The van der Waals surface area contributed by atoms with Crippen LogP contribution in [0.4, 0.5) is 14.5 Å². The number of esters is 1. The molecule has 2 N–H and O–H groups in total. The zero-order valence-electron chi connectivity index (χ0n) is 7.63. The number of halogens is 3. The fourth-order valence-corrected chi connectivity index (χ4v) is 1.66. The molecule has 0 aliphatic rings. The molecule has 1 aromatic rings. The molecule has 0 aliphatic heterocycles. The summed E-state index contributed by atoms with van der Waals surface area (Å²) < 4.78 is 29.7. The molecule has 1 aromatic heterocycles. The number of nitrogen functional groups attached to an aromatic ring is 1. The summed E-state index contributed by atoms with van der Waals surface area (Å²) in [6.07, 6.45) is -1.59. The van der Waals surface area contributed by atoms with E-state index in [1.54, 1.807) is 22.6 Å². The molecule has 0 unspecified atom stereocenters. The summed E-state index contributed by atoms with van der Waals surface area (Å²) in [6, 6.07) is 0. The van der Waals surface area contributed by atoms with E-state index in [0.29, 0.717) is 0 Å². The van der Waals surface area contributed by atoms with Crippen LogP contribution in [0.2, 0.25) is 0 Å². The van der Waals surface area contributed by atoms with Gasteiger partial charge in [0.25, 0.3) is 6.43 Å². The predicted molar refractivity (Wildman–Crippen MR) is 57.7 cm³/mol. The van der Waals surface area contributed by atoms with Crippen molar-refractivity contribution in [2.75, 3.05) is 12.8 Å². The number of ether oxygens (including phenoxy) is 1. The first-order valence-electron chi connectivity index (χ1n) is 3.79. The number of nitrogens with zero attached hydrogens (tertiary/aromatic N) is 1. The zero-order chi connectivity index (χ0) is 11.6. The van der Waals surface area contributed by atoms with Crippen LogP contribution in [0.3, 0.4) is 0 Å². The van der Waals surface area contributed by atoms with E-state index in [1.165, 1.54) is 0 Å². The number of aromatic nitrogens is 1. The maximum absolute atomic E-state index is 12.6. The normalized spacial score (nSPS) is 10.5. The summed E-state index contributed by atoms with van der Waals surface area (Å²) in [5, 5.41) is 0. The molecule has 0 amide bonds. The summed E-state index contributed by atoms with van der Waals surface area (Å²) in [5.41, 5.74) is 4.42. The first-order valence-corrected chi connectivity index (χ1v) is 4.87. The lowest BCUT2D eigenvalue weighted by atomic mass is 10.2. The monoisotopic (exact) mass is 328 g/mol. The highest BCUT2D eigenvalue weighted by Gasteiger charge is 2.22. The molecule has 0 saturated heterocycles. The highest BCUT2D eigenvalue weighted by Crippen LogP contribution is 2.31. The van der Waals surface area contributed by atoms with Crippen LogP contribution in [0, 0.1) is 3.57 Å². The molecule has 7 heteroatoms. The second kappa shape index (κ2) is 4.69. The van der Waals surface area contributed by atoms with E-state index >= 15 is 0 Å². The molecule has 1 rings (SSSR count). The van der Waals surface area contributed by atoms with Gasteiger partial charge in [0.15, 0.2) is 5.69 Å². The Balaban J connectivity index is 3.35. The minimum Gasteiger partial charge on any atom is -0.464 e. The Morgan fingerprint density at radius 3 is 2.73 bits per heavy atom. The molecule has 0 bridgehead atoms. The van der Waals surface area contributed by atoms with Gasteiger partial charge in [-0.05, 0) is 22.6 Å². The van der Waals surface area contributed by atoms with Crippen LogP contribution in [-0.2, 0) is 4.74 Å². The second-order valence-corrected chi connectivity index (χ2v) is 3.74. The minimum atomic E-state index is -2.75. The van der Waals surface area contributed by atoms with Gasteiger partial charge in [-0.3, -0.25) is 0 Å². The quantitative estimate of drug-likeness (QED) is 0.666. The fourth-order valence-electron chi connectivity index (χ4n) is 0.998. The standard InChI is InChI=1S/C8H7F2IN2O2/c1-15-8(14)6-5(12)4(7(9)10)3(11)2-13-6/h2,7H,12H2,1H3. The molecule has 1 heterocycles. The largest absolute Gasteiger partial charge is 0.464 e. The van der Waals surface area contributed by atoms with Crippen LogP contribution in [0.25, 0.3) is 0 Å². The number of hydrogen-bond donors (Lipinski definition) is 1. The average molecular weight is 328 g/mol. The molecule has 0 aromatic carbocycles. The van der Waals surface area contributed by atoms with Gasteiger partial charge in [-0.15, -0.1) is 0 Å². The number of hydrogen-bond acceptors (Lipinski definition) is 4. The molecule has 15 heavy (non-hydrogen) atoms.